The Morgan fingerprint density at radius 2 is 2.13 bits per heavy atom. The Hall–Kier alpha value is -2.15. The Labute approximate surface area is 137 Å². The second kappa shape index (κ2) is 8.47. The Bertz CT molecular complexity index is 654. The van der Waals surface area contributed by atoms with Crippen molar-refractivity contribution >= 4 is 23.4 Å². The first-order valence-electron chi connectivity index (χ1n) is 6.88. The summed E-state index contributed by atoms with van der Waals surface area (Å²) in [6.45, 7) is -1.22. The Morgan fingerprint density at radius 3 is 2.83 bits per heavy atom. The smallest absolute Gasteiger partial charge is 0.387 e. The van der Waals surface area contributed by atoms with Crippen molar-refractivity contribution in [3.63, 3.8) is 0 Å². The molecule has 2 rings (SSSR count). The quantitative estimate of drug-likeness (QED) is 0.833. The number of ether oxygens (including phenoxy) is 1. The van der Waals surface area contributed by atoms with Gasteiger partial charge in [0.2, 0.25) is 5.91 Å². The van der Waals surface area contributed by atoms with E-state index >= 15 is 0 Å². The molecule has 1 aromatic carbocycles. The van der Waals surface area contributed by atoms with E-state index < -0.39 is 6.61 Å². The number of aromatic nitrogens is 1. The van der Waals surface area contributed by atoms with Gasteiger partial charge >= 0.3 is 6.61 Å². The van der Waals surface area contributed by atoms with Crippen molar-refractivity contribution in [2.75, 3.05) is 11.1 Å². The molecule has 1 heterocycles. The summed E-state index contributed by atoms with van der Waals surface area (Å²) in [5.41, 5.74) is 1.81. The molecule has 0 atom stereocenters. The summed E-state index contributed by atoms with van der Waals surface area (Å²) in [5.74, 6) is 0.476. The molecule has 1 aromatic heterocycles. The van der Waals surface area contributed by atoms with Gasteiger partial charge in [-0.25, -0.2) is 0 Å². The number of pyridine rings is 1. The van der Waals surface area contributed by atoms with E-state index in [4.69, 9.17) is 0 Å². The first kappa shape index (κ1) is 17.2. The molecule has 0 bridgehead atoms. The first-order chi connectivity index (χ1) is 11.1. The number of alkyl halides is 2. The van der Waals surface area contributed by atoms with Crippen molar-refractivity contribution in [3.05, 3.63) is 53.9 Å². The predicted octanol–water partition coefficient (Wildman–Crippen LogP) is 3.86. The van der Waals surface area contributed by atoms with Gasteiger partial charge in [-0.15, -0.1) is 11.8 Å². The van der Waals surface area contributed by atoms with Crippen molar-refractivity contribution in [1.82, 2.24) is 4.98 Å². The van der Waals surface area contributed by atoms with Crippen LogP contribution in [-0.4, -0.2) is 23.3 Å². The summed E-state index contributed by atoms with van der Waals surface area (Å²) in [4.78, 5) is 16.2. The molecule has 122 valence electrons. The summed E-state index contributed by atoms with van der Waals surface area (Å²) in [6, 6.07) is 10.3. The number of hydrogen-bond donors (Lipinski definition) is 1. The second-order valence-corrected chi connectivity index (χ2v) is 5.67. The van der Waals surface area contributed by atoms with E-state index in [1.807, 2.05) is 18.2 Å². The van der Waals surface area contributed by atoms with Crippen LogP contribution in [0.1, 0.15) is 11.3 Å². The zero-order valence-electron chi connectivity index (χ0n) is 12.5. The lowest BCUT2D eigenvalue weighted by atomic mass is 10.2. The number of benzene rings is 1. The number of para-hydroxylation sites is 1. The normalized spacial score (nSPS) is 10.6. The highest BCUT2D eigenvalue weighted by atomic mass is 32.2. The van der Waals surface area contributed by atoms with E-state index in [0.29, 0.717) is 11.3 Å². The third-order valence-electron chi connectivity index (χ3n) is 2.92. The van der Waals surface area contributed by atoms with Crippen LogP contribution in [0.2, 0.25) is 0 Å². The van der Waals surface area contributed by atoms with Crippen molar-refractivity contribution in [3.8, 4) is 5.75 Å². The summed E-state index contributed by atoms with van der Waals surface area (Å²) >= 11 is 1.40. The largest absolute Gasteiger partial charge is 0.433 e. The zero-order valence-corrected chi connectivity index (χ0v) is 13.3. The van der Waals surface area contributed by atoms with Gasteiger partial charge in [-0.05, 0) is 30.7 Å². The molecule has 0 aliphatic heterocycles. The number of halogens is 2. The number of amides is 1. The molecule has 4 nitrogen and oxygen atoms in total. The average Bonchev–Trinajstić information content (AvgIpc) is 2.51. The number of carbonyl (C=O) groups excluding carboxylic acids is 1. The van der Waals surface area contributed by atoms with Crippen molar-refractivity contribution in [1.29, 1.82) is 0 Å². The molecule has 1 N–H and O–H groups in total. The number of anilines is 1. The predicted molar refractivity (Wildman–Crippen MR) is 86.8 cm³/mol. The molecule has 0 aliphatic rings. The maximum absolute atomic E-state index is 12.4. The molecule has 23 heavy (non-hydrogen) atoms. The topological polar surface area (TPSA) is 51.2 Å². The van der Waals surface area contributed by atoms with Gasteiger partial charge in [0.25, 0.3) is 0 Å². The van der Waals surface area contributed by atoms with Crippen LogP contribution in [0.15, 0.2) is 42.6 Å². The number of aryl methyl sites for hydroxylation is 1. The lowest BCUT2D eigenvalue weighted by molar-refractivity contribution is -0.113. The third-order valence-corrected chi connectivity index (χ3v) is 3.89. The summed E-state index contributed by atoms with van der Waals surface area (Å²) < 4.78 is 29.3. The average molecular weight is 338 g/mol. The van der Waals surface area contributed by atoms with Gasteiger partial charge in [-0.2, -0.15) is 8.78 Å². The standard InChI is InChI=1S/C16H16F2N2O2S/c1-11-5-4-7-13(22-16(17)18)15(11)20-14(21)10-23-9-12-6-2-3-8-19-12/h2-8,16H,9-10H2,1H3,(H,20,21). The van der Waals surface area contributed by atoms with Crippen LogP contribution in [0.4, 0.5) is 14.5 Å². The minimum atomic E-state index is -2.94. The molecule has 2 aromatic rings. The highest BCUT2D eigenvalue weighted by Crippen LogP contribution is 2.29. The van der Waals surface area contributed by atoms with Gasteiger partial charge in [-0.3, -0.25) is 9.78 Å². The number of nitrogens with one attached hydrogen (secondary N) is 1. The van der Waals surface area contributed by atoms with E-state index in [1.54, 1.807) is 25.3 Å². The van der Waals surface area contributed by atoms with Crippen molar-refractivity contribution < 1.29 is 18.3 Å². The first-order valence-corrected chi connectivity index (χ1v) is 8.03. The lowest BCUT2D eigenvalue weighted by Crippen LogP contribution is -2.16. The SMILES string of the molecule is Cc1cccc(OC(F)F)c1NC(=O)CSCc1ccccn1. The van der Waals surface area contributed by atoms with Crippen molar-refractivity contribution in [2.45, 2.75) is 19.3 Å². The maximum atomic E-state index is 12.4. The fourth-order valence-corrected chi connectivity index (χ4v) is 2.64. The van der Waals surface area contributed by atoms with Crippen LogP contribution in [0, 0.1) is 6.92 Å². The van der Waals surface area contributed by atoms with Gasteiger partial charge in [0, 0.05) is 11.9 Å². The van der Waals surface area contributed by atoms with E-state index in [9.17, 15) is 13.6 Å². The molecule has 0 saturated heterocycles. The summed E-state index contributed by atoms with van der Waals surface area (Å²) in [5, 5.41) is 2.63. The second-order valence-electron chi connectivity index (χ2n) is 4.69. The summed E-state index contributed by atoms with van der Waals surface area (Å²) in [6.07, 6.45) is 1.69. The van der Waals surface area contributed by atoms with Crippen LogP contribution in [0.3, 0.4) is 0 Å². The molecule has 0 aliphatic carbocycles. The Morgan fingerprint density at radius 1 is 1.30 bits per heavy atom. The number of rotatable bonds is 7. The molecule has 0 unspecified atom stereocenters. The fourth-order valence-electron chi connectivity index (χ4n) is 1.90. The van der Waals surface area contributed by atoms with Gasteiger partial charge in [0.1, 0.15) is 5.75 Å². The highest BCUT2D eigenvalue weighted by Gasteiger charge is 2.14. The van der Waals surface area contributed by atoms with Crippen LogP contribution in [-0.2, 0) is 10.5 Å². The number of carbonyl (C=O) groups is 1. The van der Waals surface area contributed by atoms with Crippen LogP contribution in [0.25, 0.3) is 0 Å². The molecule has 0 fully saturated rings. The van der Waals surface area contributed by atoms with E-state index in [-0.39, 0.29) is 23.1 Å². The third kappa shape index (κ3) is 5.52. The van der Waals surface area contributed by atoms with E-state index in [2.05, 4.69) is 15.0 Å². The zero-order chi connectivity index (χ0) is 16.7. The van der Waals surface area contributed by atoms with Gasteiger partial charge in [0.05, 0.1) is 17.1 Å². The number of nitrogens with zero attached hydrogens (tertiary/aromatic N) is 1. The molecular weight excluding hydrogens is 322 g/mol. The minimum absolute atomic E-state index is 0.0388. The van der Waals surface area contributed by atoms with Gasteiger partial charge < -0.3 is 10.1 Å². The van der Waals surface area contributed by atoms with Crippen molar-refractivity contribution in [2.24, 2.45) is 0 Å². The van der Waals surface area contributed by atoms with Gasteiger partial charge in [-0.1, -0.05) is 18.2 Å². The molecule has 0 saturated carbocycles. The van der Waals surface area contributed by atoms with Crippen LogP contribution < -0.4 is 10.1 Å². The lowest BCUT2D eigenvalue weighted by Gasteiger charge is -2.14. The number of hydrogen-bond acceptors (Lipinski definition) is 4. The monoisotopic (exact) mass is 338 g/mol. The fraction of sp³-hybridized carbons (Fsp3) is 0.250. The van der Waals surface area contributed by atoms with E-state index in [1.165, 1.54) is 17.8 Å². The number of thioether (sulfide) groups is 1. The minimum Gasteiger partial charge on any atom is -0.433 e. The van der Waals surface area contributed by atoms with Crippen LogP contribution >= 0.6 is 11.8 Å². The van der Waals surface area contributed by atoms with E-state index in [0.717, 1.165) is 5.69 Å². The van der Waals surface area contributed by atoms with Gasteiger partial charge in [0.15, 0.2) is 0 Å². The molecule has 0 spiro atoms. The van der Waals surface area contributed by atoms with Crippen LogP contribution in [0.5, 0.6) is 5.75 Å². The summed E-state index contributed by atoms with van der Waals surface area (Å²) in [7, 11) is 0. The molecular formula is C16H16F2N2O2S. The molecule has 7 heteroatoms. The molecule has 0 radical (unpaired) electrons. The maximum Gasteiger partial charge on any atom is 0.387 e. The highest BCUT2D eigenvalue weighted by molar-refractivity contribution is 7.99. The molecule has 1 amide bonds. The Kier molecular flexibility index (Phi) is 6.34. The Balaban J connectivity index is 1.92.